The number of nitrogens with one attached hydrogen (secondary N) is 1. The van der Waals surface area contributed by atoms with Gasteiger partial charge >= 0.3 is 0 Å². The molecule has 2 rings (SSSR count). The molecule has 0 aliphatic carbocycles. The van der Waals surface area contributed by atoms with E-state index >= 15 is 0 Å². The van der Waals surface area contributed by atoms with E-state index in [0.717, 1.165) is 24.1 Å². The first-order valence-electron chi connectivity index (χ1n) is 4.55. The highest BCUT2D eigenvalue weighted by atomic mass is 79.9. The zero-order valence-electron chi connectivity index (χ0n) is 8.31. The van der Waals surface area contributed by atoms with Crippen molar-refractivity contribution in [3.05, 3.63) is 41.1 Å². The van der Waals surface area contributed by atoms with Gasteiger partial charge in [-0.3, -0.25) is 0 Å². The number of thiazole rings is 1. The van der Waals surface area contributed by atoms with Crippen molar-refractivity contribution < 1.29 is 0 Å². The van der Waals surface area contributed by atoms with Gasteiger partial charge in [0.1, 0.15) is 9.34 Å². The Balaban J connectivity index is 2.14. The lowest BCUT2D eigenvalue weighted by molar-refractivity contribution is 1.10. The molecule has 1 aromatic carbocycles. The number of nitrogens with zero attached hydrogens (tertiary/aromatic N) is 1. The topological polar surface area (TPSA) is 24.9 Å². The summed E-state index contributed by atoms with van der Waals surface area (Å²) in [5.74, 6) is 0. The number of aromatic nitrogens is 1. The summed E-state index contributed by atoms with van der Waals surface area (Å²) < 4.78 is 3.69. The largest absolute Gasteiger partial charge is 0.377 e. The van der Waals surface area contributed by atoms with Crippen LogP contribution in [0.4, 0.5) is 5.69 Å². The molecule has 0 fully saturated rings. The van der Waals surface area contributed by atoms with Gasteiger partial charge in [-0.25, -0.2) is 4.98 Å². The summed E-state index contributed by atoms with van der Waals surface area (Å²) in [6, 6.07) is 3.98. The summed E-state index contributed by atoms with van der Waals surface area (Å²) in [5, 5.41) is 4.27. The Bertz CT molecular complexity index is 521. The second-order valence-corrected chi connectivity index (χ2v) is 7.53. The van der Waals surface area contributed by atoms with Gasteiger partial charge in [-0.05, 0) is 44.0 Å². The zero-order chi connectivity index (χ0) is 12.4. The highest BCUT2D eigenvalue weighted by Crippen LogP contribution is 2.34. The minimum Gasteiger partial charge on any atom is -0.377 e. The quantitative estimate of drug-likeness (QED) is 0.635. The molecule has 0 bridgehead atoms. The van der Waals surface area contributed by atoms with E-state index in [1.165, 1.54) is 11.3 Å². The second-order valence-electron chi connectivity index (χ2n) is 3.16. The van der Waals surface area contributed by atoms with Gasteiger partial charge in [-0.1, -0.05) is 27.5 Å². The van der Waals surface area contributed by atoms with E-state index in [1.807, 2.05) is 12.1 Å². The number of hydrogen-bond acceptors (Lipinski definition) is 3. The molecule has 0 aliphatic rings. The SMILES string of the molecule is Clc1cnc(CNc2c(Br)cc(Br)cc2Br)s1. The maximum absolute atomic E-state index is 5.83. The second kappa shape index (κ2) is 6.02. The number of halogens is 4. The van der Waals surface area contributed by atoms with Gasteiger partial charge in [0.25, 0.3) is 0 Å². The van der Waals surface area contributed by atoms with Crippen molar-refractivity contribution in [1.82, 2.24) is 4.98 Å². The molecule has 0 amide bonds. The predicted molar refractivity (Wildman–Crippen MR) is 84.0 cm³/mol. The van der Waals surface area contributed by atoms with Crippen LogP contribution in [0.2, 0.25) is 4.34 Å². The molecule has 0 radical (unpaired) electrons. The normalized spacial score (nSPS) is 10.6. The number of rotatable bonds is 3. The van der Waals surface area contributed by atoms with Crippen LogP contribution in [0.1, 0.15) is 5.01 Å². The molecule has 0 unspecified atom stereocenters. The van der Waals surface area contributed by atoms with Crippen molar-refractivity contribution in [2.75, 3.05) is 5.32 Å². The monoisotopic (exact) mass is 458 g/mol. The molecule has 1 heterocycles. The molecule has 0 aliphatic heterocycles. The van der Waals surface area contributed by atoms with Gasteiger partial charge in [0, 0.05) is 13.4 Å². The van der Waals surface area contributed by atoms with E-state index in [-0.39, 0.29) is 0 Å². The average Bonchev–Trinajstić information content (AvgIpc) is 2.62. The van der Waals surface area contributed by atoms with E-state index in [9.17, 15) is 0 Å². The Morgan fingerprint density at radius 1 is 1.24 bits per heavy atom. The first-order valence-corrected chi connectivity index (χ1v) is 8.12. The Morgan fingerprint density at radius 2 is 1.88 bits per heavy atom. The lowest BCUT2D eigenvalue weighted by atomic mass is 10.3. The smallest absolute Gasteiger partial charge is 0.113 e. The molecule has 0 saturated carbocycles. The molecule has 90 valence electrons. The lowest BCUT2D eigenvalue weighted by Gasteiger charge is -2.10. The molecule has 0 atom stereocenters. The van der Waals surface area contributed by atoms with Gasteiger partial charge < -0.3 is 5.32 Å². The maximum atomic E-state index is 5.83. The minimum atomic E-state index is 0.649. The first-order chi connectivity index (χ1) is 8.06. The van der Waals surface area contributed by atoms with Crippen LogP contribution in [0.25, 0.3) is 0 Å². The van der Waals surface area contributed by atoms with E-state index in [1.54, 1.807) is 6.20 Å². The Labute approximate surface area is 133 Å². The summed E-state index contributed by atoms with van der Waals surface area (Å²) in [6.45, 7) is 0.649. The van der Waals surface area contributed by atoms with Crippen LogP contribution in [0.5, 0.6) is 0 Å². The Kier molecular flexibility index (Phi) is 4.88. The molecule has 1 N–H and O–H groups in total. The number of hydrogen-bond donors (Lipinski definition) is 1. The van der Waals surface area contributed by atoms with Crippen LogP contribution in [0, 0.1) is 0 Å². The zero-order valence-corrected chi connectivity index (χ0v) is 14.6. The fourth-order valence-corrected chi connectivity index (χ4v) is 4.68. The third kappa shape index (κ3) is 3.67. The summed E-state index contributed by atoms with van der Waals surface area (Å²) in [4.78, 5) is 4.19. The highest BCUT2D eigenvalue weighted by molar-refractivity contribution is 9.11. The Hall–Kier alpha value is 0.380. The van der Waals surface area contributed by atoms with Gasteiger partial charge in [0.05, 0.1) is 18.4 Å². The van der Waals surface area contributed by atoms with Crippen LogP contribution in [-0.2, 0) is 6.54 Å². The molecule has 2 nitrogen and oxygen atoms in total. The van der Waals surface area contributed by atoms with Gasteiger partial charge in [0.2, 0.25) is 0 Å². The van der Waals surface area contributed by atoms with Crippen LogP contribution >= 0.6 is 70.7 Å². The average molecular weight is 461 g/mol. The van der Waals surface area contributed by atoms with Crippen LogP contribution in [0.15, 0.2) is 31.7 Å². The number of anilines is 1. The van der Waals surface area contributed by atoms with Crippen molar-refractivity contribution in [2.45, 2.75) is 6.54 Å². The van der Waals surface area contributed by atoms with E-state index in [2.05, 4.69) is 58.1 Å². The fraction of sp³-hybridized carbons (Fsp3) is 0.100. The van der Waals surface area contributed by atoms with Crippen molar-refractivity contribution in [3.63, 3.8) is 0 Å². The summed E-state index contributed by atoms with van der Waals surface area (Å²) in [5.41, 5.74) is 1.000. The molecule has 1 aromatic heterocycles. The van der Waals surface area contributed by atoms with Gasteiger partial charge in [-0.15, -0.1) is 11.3 Å². The standard InChI is InChI=1S/C10H6Br3ClN2S/c11-5-1-6(12)10(7(13)2-5)16-4-9-15-3-8(14)17-9/h1-3,16H,4H2. The third-order valence-corrected chi connectivity index (χ3v) is 4.77. The molecule has 7 heteroatoms. The summed E-state index contributed by atoms with van der Waals surface area (Å²) in [7, 11) is 0. The summed E-state index contributed by atoms with van der Waals surface area (Å²) in [6.07, 6.45) is 1.66. The number of benzene rings is 1. The predicted octanol–water partition coefficient (Wildman–Crippen LogP) is 5.70. The molecule has 0 spiro atoms. The van der Waals surface area contributed by atoms with E-state index in [0.29, 0.717) is 10.9 Å². The Morgan fingerprint density at radius 3 is 2.41 bits per heavy atom. The van der Waals surface area contributed by atoms with Crippen molar-refractivity contribution >= 4 is 76.4 Å². The van der Waals surface area contributed by atoms with E-state index in [4.69, 9.17) is 11.6 Å². The van der Waals surface area contributed by atoms with E-state index < -0.39 is 0 Å². The van der Waals surface area contributed by atoms with Crippen molar-refractivity contribution in [1.29, 1.82) is 0 Å². The molecular formula is C10H6Br3ClN2S. The van der Waals surface area contributed by atoms with Crippen LogP contribution in [0.3, 0.4) is 0 Å². The minimum absolute atomic E-state index is 0.649. The van der Waals surface area contributed by atoms with Gasteiger partial charge in [0.15, 0.2) is 0 Å². The van der Waals surface area contributed by atoms with Crippen LogP contribution in [-0.4, -0.2) is 4.98 Å². The van der Waals surface area contributed by atoms with Gasteiger partial charge in [-0.2, -0.15) is 0 Å². The fourth-order valence-electron chi connectivity index (χ4n) is 1.24. The summed E-state index contributed by atoms with van der Waals surface area (Å²) >= 11 is 17.8. The maximum Gasteiger partial charge on any atom is 0.113 e. The van der Waals surface area contributed by atoms with Crippen molar-refractivity contribution in [2.24, 2.45) is 0 Å². The van der Waals surface area contributed by atoms with Crippen molar-refractivity contribution in [3.8, 4) is 0 Å². The lowest BCUT2D eigenvalue weighted by Crippen LogP contribution is -2.00. The molecule has 0 saturated heterocycles. The van der Waals surface area contributed by atoms with Crippen LogP contribution < -0.4 is 5.32 Å². The molecule has 2 aromatic rings. The molecular weight excluding hydrogens is 455 g/mol. The first kappa shape index (κ1) is 13.8. The third-order valence-electron chi connectivity index (χ3n) is 1.95. The highest BCUT2D eigenvalue weighted by Gasteiger charge is 2.07. The molecule has 17 heavy (non-hydrogen) atoms.